The van der Waals surface area contributed by atoms with Crippen LogP contribution in [0.15, 0.2) is 24.0 Å². The van der Waals surface area contributed by atoms with Gasteiger partial charge in [-0.25, -0.2) is 4.90 Å². The van der Waals surface area contributed by atoms with Gasteiger partial charge in [-0.2, -0.15) is 0 Å². The van der Waals surface area contributed by atoms with Gasteiger partial charge >= 0.3 is 0 Å². The average molecular weight is 267 g/mol. The van der Waals surface area contributed by atoms with Crippen molar-refractivity contribution in [3.05, 3.63) is 24.0 Å². The van der Waals surface area contributed by atoms with Gasteiger partial charge in [0, 0.05) is 6.04 Å². The lowest BCUT2D eigenvalue weighted by molar-refractivity contribution is -0.178. The van der Waals surface area contributed by atoms with Gasteiger partial charge in [-0.15, -0.1) is 0 Å². The van der Waals surface area contributed by atoms with E-state index in [9.17, 15) is 5.11 Å². The Kier molecular flexibility index (Phi) is 6.08. The van der Waals surface area contributed by atoms with Crippen molar-refractivity contribution >= 4 is 0 Å². The van der Waals surface area contributed by atoms with Crippen LogP contribution in [0.1, 0.15) is 47.0 Å². The topological polar surface area (TPSA) is 32.7 Å². The van der Waals surface area contributed by atoms with Crippen LogP contribution in [0.3, 0.4) is 0 Å². The monoisotopic (exact) mass is 267 g/mol. The molecule has 110 valence electrons. The maximum atomic E-state index is 10.2. The number of allylic oxidation sites excluding steroid dienone is 2. The van der Waals surface area contributed by atoms with E-state index >= 15 is 0 Å². The first-order valence-electron chi connectivity index (χ1n) is 7.21. The Morgan fingerprint density at radius 3 is 2.21 bits per heavy atom. The third-order valence-electron chi connectivity index (χ3n) is 3.99. The second-order valence-corrected chi connectivity index (χ2v) is 6.25. The molecule has 0 amide bonds. The number of aliphatic hydroxyl groups is 1. The minimum atomic E-state index is -0.898. The summed E-state index contributed by atoms with van der Waals surface area (Å²) in [7, 11) is 1.94. The van der Waals surface area contributed by atoms with Gasteiger partial charge in [-0.3, -0.25) is 0 Å². The molecule has 1 fully saturated rings. The Hall–Kier alpha value is -0.800. The molecule has 0 saturated heterocycles. The average Bonchev–Trinajstić information content (AvgIpc) is 2.33. The second-order valence-electron chi connectivity index (χ2n) is 6.25. The van der Waals surface area contributed by atoms with Crippen LogP contribution < -0.4 is 0 Å². The van der Waals surface area contributed by atoms with Crippen LogP contribution in [0, 0.1) is 11.8 Å². The summed E-state index contributed by atoms with van der Waals surface area (Å²) in [5, 5.41) is 10.2. The first-order chi connectivity index (χ1) is 8.85. The Bertz CT molecular complexity index is 324. The van der Waals surface area contributed by atoms with Gasteiger partial charge in [0.25, 0.3) is 6.41 Å². The predicted molar refractivity (Wildman–Crippen MR) is 79.4 cm³/mol. The molecule has 1 N–H and O–H groups in total. The zero-order chi connectivity index (χ0) is 14.6. The SMILES string of the molecule is C=CC(OC(O)N(C)C1CC(C)CC(C)C1)=C(C)C. The van der Waals surface area contributed by atoms with Crippen molar-refractivity contribution in [3.63, 3.8) is 0 Å². The Morgan fingerprint density at radius 1 is 1.26 bits per heavy atom. The molecule has 0 aliphatic heterocycles. The van der Waals surface area contributed by atoms with Crippen LogP contribution in [0.5, 0.6) is 0 Å². The van der Waals surface area contributed by atoms with E-state index in [-0.39, 0.29) is 0 Å². The van der Waals surface area contributed by atoms with Crippen molar-refractivity contribution in [2.75, 3.05) is 7.05 Å². The van der Waals surface area contributed by atoms with Gasteiger partial charge in [0.15, 0.2) is 0 Å². The highest BCUT2D eigenvalue weighted by Crippen LogP contribution is 2.31. The summed E-state index contributed by atoms with van der Waals surface area (Å²) in [6.07, 6.45) is 4.29. The number of ether oxygens (including phenoxy) is 1. The van der Waals surface area contributed by atoms with Gasteiger partial charge in [0.05, 0.1) is 0 Å². The van der Waals surface area contributed by atoms with E-state index in [2.05, 4.69) is 20.4 Å². The lowest BCUT2D eigenvalue weighted by Gasteiger charge is -2.39. The lowest BCUT2D eigenvalue weighted by Crippen LogP contribution is -2.45. The number of nitrogens with zero attached hydrogens (tertiary/aromatic N) is 1. The summed E-state index contributed by atoms with van der Waals surface area (Å²) in [5.41, 5.74) is 1.02. The third kappa shape index (κ3) is 4.66. The maximum absolute atomic E-state index is 10.2. The van der Waals surface area contributed by atoms with E-state index < -0.39 is 6.41 Å². The van der Waals surface area contributed by atoms with Crippen molar-refractivity contribution < 1.29 is 9.84 Å². The molecular weight excluding hydrogens is 238 g/mol. The Morgan fingerprint density at radius 2 is 1.79 bits per heavy atom. The molecule has 3 atom stereocenters. The van der Waals surface area contributed by atoms with E-state index in [4.69, 9.17) is 4.74 Å². The summed E-state index contributed by atoms with van der Waals surface area (Å²) in [6.45, 7) is 12.2. The molecule has 3 nitrogen and oxygen atoms in total. The minimum Gasteiger partial charge on any atom is -0.451 e. The Balaban J connectivity index is 2.63. The summed E-state index contributed by atoms with van der Waals surface area (Å²) < 4.78 is 5.59. The molecule has 0 aromatic rings. The highest BCUT2D eigenvalue weighted by atomic mass is 16.6. The summed E-state index contributed by atoms with van der Waals surface area (Å²) in [4.78, 5) is 1.94. The molecule has 3 unspecified atom stereocenters. The molecule has 1 aliphatic rings. The van der Waals surface area contributed by atoms with Crippen LogP contribution in [-0.4, -0.2) is 29.5 Å². The van der Waals surface area contributed by atoms with Crippen LogP contribution in [0.4, 0.5) is 0 Å². The number of hydrogen-bond donors (Lipinski definition) is 1. The highest BCUT2D eigenvalue weighted by Gasteiger charge is 2.30. The second kappa shape index (κ2) is 7.11. The fourth-order valence-electron chi connectivity index (χ4n) is 2.98. The summed E-state index contributed by atoms with van der Waals surface area (Å²) in [6, 6.07) is 0.386. The van der Waals surface area contributed by atoms with Crippen LogP contribution in [-0.2, 0) is 4.74 Å². The molecule has 0 heterocycles. The maximum Gasteiger partial charge on any atom is 0.259 e. The third-order valence-corrected chi connectivity index (χ3v) is 3.99. The Labute approximate surface area is 117 Å². The van der Waals surface area contributed by atoms with Crippen molar-refractivity contribution in [3.8, 4) is 0 Å². The van der Waals surface area contributed by atoms with Gasteiger partial charge in [-0.1, -0.05) is 20.4 Å². The van der Waals surface area contributed by atoms with Gasteiger partial charge in [0.1, 0.15) is 5.76 Å². The van der Waals surface area contributed by atoms with Gasteiger partial charge in [0.2, 0.25) is 0 Å². The summed E-state index contributed by atoms with van der Waals surface area (Å²) >= 11 is 0. The molecule has 0 bridgehead atoms. The molecule has 1 saturated carbocycles. The van der Waals surface area contributed by atoms with E-state index in [1.165, 1.54) is 6.42 Å². The van der Waals surface area contributed by atoms with E-state index in [1.807, 2.05) is 25.8 Å². The molecule has 0 radical (unpaired) electrons. The predicted octanol–water partition coefficient (Wildman–Crippen LogP) is 3.52. The molecule has 19 heavy (non-hydrogen) atoms. The van der Waals surface area contributed by atoms with Crippen molar-refractivity contribution in [1.29, 1.82) is 0 Å². The minimum absolute atomic E-state index is 0.386. The highest BCUT2D eigenvalue weighted by molar-refractivity contribution is 5.14. The van der Waals surface area contributed by atoms with Crippen LogP contribution >= 0.6 is 0 Å². The quantitative estimate of drug-likeness (QED) is 0.470. The van der Waals surface area contributed by atoms with E-state index in [1.54, 1.807) is 6.08 Å². The normalized spacial score (nSPS) is 28.9. The molecule has 1 rings (SSSR count). The van der Waals surface area contributed by atoms with Crippen molar-refractivity contribution in [1.82, 2.24) is 4.90 Å². The fraction of sp³-hybridized carbons (Fsp3) is 0.750. The van der Waals surface area contributed by atoms with E-state index in [0.717, 1.165) is 18.4 Å². The molecule has 0 aromatic heterocycles. The molecule has 3 heteroatoms. The lowest BCUT2D eigenvalue weighted by atomic mass is 9.80. The zero-order valence-corrected chi connectivity index (χ0v) is 13.0. The number of hydrogen-bond acceptors (Lipinski definition) is 3. The number of aliphatic hydroxyl groups excluding tert-OH is 1. The first kappa shape index (κ1) is 16.3. The van der Waals surface area contributed by atoms with Crippen LogP contribution in [0.2, 0.25) is 0 Å². The summed E-state index contributed by atoms with van der Waals surface area (Å²) in [5.74, 6) is 2.09. The van der Waals surface area contributed by atoms with Crippen LogP contribution in [0.25, 0.3) is 0 Å². The first-order valence-corrected chi connectivity index (χ1v) is 7.21. The van der Waals surface area contributed by atoms with Crippen molar-refractivity contribution in [2.45, 2.75) is 59.4 Å². The molecular formula is C16H29NO2. The molecule has 1 aliphatic carbocycles. The standard InChI is InChI=1S/C16H29NO2/c1-7-15(11(2)3)19-16(18)17(6)14-9-12(4)8-13(5)10-14/h7,12-14,16,18H,1,8-10H2,2-6H3. The number of rotatable bonds is 5. The molecule has 0 aromatic carbocycles. The molecule has 0 spiro atoms. The van der Waals surface area contributed by atoms with Gasteiger partial charge in [-0.05, 0) is 63.6 Å². The van der Waals surface area contributed by atoms with E-state index in [0.29, 0.717) is 23.6 Å². The smallest absolute Gasteiger partial charge is 0.259 e. The fourth-order valence-corrected chi connectivity index (χ4v) is 2.98. The largest absolute Gasteiger partial charge is 0.451 e. The van der Waals surface area contributed by atoms with Crippen molar-refractivity contribution in [2.24, 2.45) is 11.8 Å². The zero-order valence-electron chi connectivity index (χ0n) is 13.0. The van der Waals surface area contributed by atoms with Gasteiger partial charge < -0.3 is 9.84 Å².